The molecule has 5 aromatic rings. The van der Waals surface area contributed by atoms with Gasteiger partial charge in [-0.2, -0.15) is 4.98 Å². The summed E-state index contributed by atoms with van der Waals surface area (Å²) in [5.74, 6) is 3.10. The van der Waals surface area contributed by atoms with Crippen molar-refractivity contribution in [2.75, 3.05) is 81.3 Å². The zero-order chi connectivity index (χ0) is 72.6. The van der Waals surface area contributed by atoms with Gasteiger partial charge >= 0.3 is 6.09 Å². The summed E-state index contributed by atoms with van der Waals surface area (Å²) in [5, 5.41) is 24.9. The Bertz CT molecular complexity index is 3970. The van der Waals surface area contributed by atoms with Crippen LogP contribution in [0.2, 0.25) is 0 Å². The third-order valence-electron chi connectivity index (χ3n) is 18.8. The van der Waals surface area contributed by atoms with Crippen molar-refractivity contribution in [3.63, 3.8) is 0 Å². The second-order valence-corrected chi connectivity index (χ2v) is 25.8. The van der Waals surface area contributed by atoms with Gasteiger partial charge in [-0.3, -0.25) is 48.5 Å². The number of rotatable bonds is 30. The number of nitrogens with zero attached hydrogens (tertiary/aromatic N) is 9. The van der Waals surface area contributed by atoms with Crippen molar-refractivity contribution in [3.05, 3.63) is 95.3 Å². The molecule has 31 nitrogen and oxygen atoms in total. The summed E-state index contributed by atoms with van der Waals surface area (Å²) in [5.41, 5.74) is 10.8. The highest BCUT2D eigenvalue weighted by Gasteiger charge is 2.43. The minimum Gasteiger partial charge on any atom is -0.495 e. The summed E-state index contributed by atoms with van der Waals surface area (Å²) in [4.78, 5) is 146. The molecule has 8 N–H and O–H groups in total. The first-order valence-electron chi connectivity index (χ1n) is 34.4. The molecule has 2 saturated carbocycles. The van der Waals surface area contributed by atoms with E-state index in [0.717, 1.165) is 37.1 Å². The summed E-state index contributed by atoms with van der Waals surface area (Å²) in [6.45, 7) is 5.56. The lowest BCUT2D eigenvalue weighted by Crippen LogP contribution is -2.55. The van der Waals surface area contributed by atoms with Crippen molar-refractivity contribution >= 4 is 88.1 Å². The second kappa shape index (κ2) is 34.7. The summed E-state index contributed by atoms with van der Waals surface area (Å²) in [7, 11) is 4.84. The van der Waals surface area contributed by atoms with Crippen molar-refractivity contribution < 1.29 is 71.6 Å². The molecule has 10 amide bonds. The molecule has 10 rings (SSSR count). The van der Waals surface area contributed by atoms with Crippen molar-refractivity contribution in [1.82, 2.24) is 56.0 Å². The summed E-state index contributed by atoms with van der Waals surface area (Å²) in [6, 6.07) is 12.5. The number of likely N-dealkylation sites (N-methyl/N-ethyl adjacent to an activating group) is 1. The van der Waals surface area contributed by atoms with Crippen molar-refractivity contribution in [2.45, 2.75) is 166 Å². The number of carbonyl (C=O) groups is 10. The molecule has 2 aliphatic carbocycles. The molecule has 102 heavy (non-hydrogen) atoms. The molecule has 3 fully saturated rings. The van der Waals surface area contributed by atoms with Gasteiger partial charge in [0, 0.05) is 74.6 Å². The SMILES string of the molecule is CC[C@@H]1C(=O)N(C)c2cnc(Nc3ccc(-c4cn([C@H]5CC[C@@H](N(CCOCCC#Cc6cccc7c6CN(C6CCC(=O)NC6=O)C7=O)C(=O)OCc6ccc(NC(=O)[C@H](CC(N)=O)NC(=O)[C@H](C)NC(=O)[C@H](C)NC(=O)COCCOC)cc6)CC5)nn4)cc3OC)nc2N1C1CCCC1. The number of methoxy groups -OCH3 is 2. The molecule has 1 unspecified atom stereocenters. The Morgan fingerprint density at radius 2 is 1.59 bits per heavy atom. The van der Waals surface area contributed by atoms with Crippen LogP contribution < -0.4 is 52.2 Å². The van der Waals surface area contributed by atoms with Crippen LogP contribution in [0.4, 0.5) is 33.6 Å². The lowest BCUT2D eigenvalue weighted by Gasteiger charge is -2.43. The maximum Gasteiger partial charge on any atom is 0.410 e. The van der Waals surface area contributed by atoms with Gasteiger partial charge in [0.15, 0.2) is 5.82 Å². The van der Waals surface area contributed by atoms with Crippen LogP contribution in [0.5, 0.6) is 5.75 Å². The van der Waals surface area contributed by atoms with E-state index in [2.05, 4.69) is 63.9 Å². The van der Waals surface area contributed by atoms with Gasteiger partial charge in [-0.05, 0) is 113 Å². The number of primary amides is 1. The fraction of sp³-hybridized carbons (Fsp3) is 0.493. The number of ether oxygens (including phenoxy) is 5. The molecule has 5 atom stereocenters. The average Bonchev–Trinajstić information content (AvgIpc) is 0.894. The molecule has 542 valence electrons. The van der Waals surface area contributed by atoms with Crippen LogP contribution in [0.1, 0.15) is 137 Å². The number of nitrogens with one attached hydrogen (secondary N) is 6. The normalized spacial score (nSPS) is 18.9. The molecule has 5 aliphatic rings. The first-order chi connectivity index (χ1) is 49.2. The number of nitrogens with two attached hydrogens (primary N) is 1. The van der Waals surface area contributed by atoms with Crippen LogP contribution in [-0.2, 0) is 70.5 Å². The van der Waals surface area contributed by atoms with Crippen LogP contribution in [0.3, 0.4) is 0 Å². The fourth-order valence-corrected chi connectivity index (χ4v) is 13.3. The van der Waals surface area contributed by atoms with E-state index in [4.69, 9.17) is 34.4 Å². The van der Waals surface area contributed by atoms with Gasteiger partial charge in [0.2, 0.25) is 53.2 Å². The zero-order valence-corrected chi connectivity index (χ0v) is 58.1. The van der Waals surface area contributed by atoms with E-state index in [1.165, 1.54) is 25.9 Å². The number of hydrogen-bond donors (Lipinski definition) is 7. The lowest BCUT2D eigenvalue weighted by atomic mass is 9.90. The third-order valence-corrected chi connectivity index (χ3v) is 18.8. The quantitative estimate of drug-likeness (QED) is 0.0191. The number of benzene rings is 3. The first-order valence-corrected chi connectivity index (χ1v) is 34.4. The van der Waals surface area contributed by atoms with Gasteiger partial charge in [0.1, 0.15) is 60.6 Å². The van der Waals surface area contributed by atoms with E-state index in [1.54, 1.807) is 66.6 Å². The van der Waals surface area contributed by atoms with E-state index in [1.807, 2.05) is 42.1 Å². The second-order valence-electron chi connectivity index (χ2n) is 25.8. The number of imide groups is 1. The number of carbonyl (C=O) groups excluding carboxylic acids is 10. The lowest BCUT2D eigenvalue weighted by molar-refractivity contribution is -0.137. The molecular formula is C71H88N16O15. The summed E-state index contributed by atoms with van der Waals surface area (Å²) < 4.78 is 29.8. The summed E-state index contributed by atoms with van der Waals surface area (Å²) >= 11 is 0. The molecule has 5 heterocycles. The van der Waals surface area contributed by atoms with Crippen LogP contribution in [-0.4, -0.2) is 197 Å². The number of anilines is 5. The molecule has 0 spiro atoms. The van der Waals surface area contributed by atoms with E-state index in [-0.39, 0.29) is 113 Å². The average molecular weight is 1410 g/mol. The highest BCUT2D eigenvalue weighted by Crippen LogP contribution is 2.41. The van der Waals surface area contributed by atoms with Crippen molar-refractivity contribution in [3.8, 4) is 28.8 Å². The molecule has 2 aromatic heterocycles. The largest absolute Gasteiger partial charge is 0.495 e. The van der Waals surface area contributed by atoms with Crippen LogP contribution >= 0.6 is 0 Å². The molecule has 0 radical (unpaired) electrons. The highest BCUT2D eigenvalue weighted by atomic mass is 16.6. The number of piperidine rings is 1. The van der Waals surface area contributed by atoms with E-state index in [9.17, 15) is 47.9 Å². The number of aromatic nitrogens is 5. The van der Waals surface area contributed by atoms with Gasteiger partial charge in [0.05, 0.1) is 64.1 Å². The third kappa shape index (κ3) is 18.3. The first kappa shape index (κ1) is 74.1. The predicted molar refractivity (Wildman–Crippen MR) is 371 cm³/mol. The van der Waals surface area contributed by atoms with Gasteiger partial charge in [0.25, 0.3) is 5.91 Å². The van der Waals surface area contributed by atoms with E-state index in [0.29, 0.717) is 89.5 Å². The van der Waals surface area contributed by atoms with Crippen LogP contribution in [0, 0.1) is 11.8 Å². The monoisotopic (exact) mass is 1400 g/mol. The minimum atomic E-state index is -1.44. The van der Waals surface area contributed by atoms with Gasteiger partial charge in [-0.1, -0.05) is 61.1 Å². The Morgan fingerprint density at radius 1 is 0.833 bits per heavy atom. The number of hydrogen-bond acceptors (Lipinski definition) is 21. The summed E-state index contributed by atoms with van der Waals surface area (Å²) in [6.07, 6.45) is 10.5. The minimum absolute atomic E-state index is 0.0383. The Kier molecular flexibility index (Phi) is 25.2. The molecular weight excluding hydrogens is 1320 g/mol. The van der Waals surface area contributed by atoms with Gasteiger partial charge in [-0.25, -0.2) is 14.5 Å². The Hall–Kier alpha value is -10.6. The van der Waals surface area contributed by atoms with Gasteiger partial charge < -0.3 is 75.6 Å². The number of amides is 10. The maximum absolute atomic E-state index is 14.3. The van der Waals surface area contributed by atoms with Gasteiger partial charge in [-0.15, -0.1) is 5.10 Å². The van der Waals surface area contributed by atoms with Crippen molar-refractivity contribution in [2.24, 2.45) is 5.73 Å². The van der Waals surface area contributed by atoms with Crippen LogP contribution in [0.15, 0.2) is 73.1 Å². The van der Waals surface area contributed by atoms with Crippen molar-refractivity contribution in [1.29, 1.82) is 0 Å². The molecule has 1 saturated heterocycles. The highest BCUT2D eigenvalue weighted by molar-refractivity contribution is 6.06. The standard InChI is InChI=1S/C71H88N16O15/c1-7-56-69(96)83(4)58-37-73-70(80-63(58)87(56)50-15-8-9-16-50)78-53-27-20-46(35-59(53)99-6)55-39-86(82-81-55)49-25-23-48(24-26-49)84(30-32-100-31-11-10-13-45-14-12-17-51-52(45)38-85(68(51)95)57-28-29-61(89)79-67(57)94)71(97)102-40-44-18-21-47(22-19-44)76-66(93)54(36-60(72)88)77-65(92)43(3)75-64(91)42(2)74-62(90)41-101-34-33-98-5/h12,14,17-22,27,35,37,39,42-43,48-50,54,56-57H,7-9,11,15-16,23-26,28-34,36,38,40-41H2,1-6H3,(H2,72,88)(H,74,90)(H,75,91)(H,76,93)(H,77,92)(H,73,78,80)(H,79,89,94)/t42-,43-,48-,49+,54-,56+,57?/m0/s1. The number of fused-ring (bicyclic) bond motifs is 2. The van der Waals surface area contributed by atoms with Crippen LogP contribution in [0.25, 0.3) is 11.3 Å². The molecule has 31 heteroatoms. The Morgan fingerprint density at radius 3 is 2.31 bits per heavy atom. The predicted octanol–water partition coefficient (Wildman–Crippen LogP) is 4.30. The van der Waals surface area contributed by atoms with E-state index >= 15 is 0 Å². The topological polar surface area (TPSA) is 384 Å². The zero-order valence-electron chi connectivity index (χ0n) is 58.1. The maximum atomic E-state index is 14.3. The molecule has 3 aromatic carbocycles. The fourth-order valence-electron chi connectivity index (χ4n) is 13.3. The molecule has 0 bridgehead atoms. The Balaban J connectivity index is 0.756. The smallest absolute Gasteiger partial charge is 0.410 e. The Labute approximate surface area is 590 Å². The van der Waals surface area contributed by atoms with E-state index < -0.39 is 72.1 Å². The molecule has 3 aliphatic heterocycles.